The van der Waals surface area contributed by atoms with Crippen LogP contribution in [0.1, 0.15) is 52.9 Å². The van der Waals surface area contributed by atoms with E-state index in [1.165, 1.54) is 32.1 Å². The minimum atomic E-state index is 0.101. The lowest BCUT2D eigenvalue weighted by molar-refractivity contribution is -0.184. The van der Waals surface area contributed by atoms with Crippen molar-refractivity contribution in [2.45, 2.75) is 58.5 Å². The standard InChI is InChI=1S/C15H26O/c1-10-5-11-7-13-12(6-10)9-15(13,8-11)14(2,3)16-4/h10-13H,5-9H2,1-4H3. The summed E-state index contributed by atoms with van der Waals surface area (Å²) in [5, 5.41) is 0. The fourth-order valence-electron chi connectivity index (χ4n) is 5.41. The zero-order valence-corrected chi connectivity index (χ0v) is 11.3. The molecule has 1 heteroatoms. The van der Waals surface area contributed by atoms with E-state index < -0.39 is 0 Å². The monoisotopic (exact) mass is 222 g/mol. The molecule has 2 bridgehead atoms. The summed E-state index contributed by atoms with van der Waals surface area (Å²) in [6.45, 7) is 7.11. The molecule has 0 N–H and O–H groups in total. The van der Waals surface area contributed by atoms with E-state index in [4.69, 9.17) is 4.74 Å². The second-order valence-corrected chi connectivity index (χ2v) is 7.32. The number of hydrogen-bond acceptors (Lipinski definition) is 1. The van der Waals surface area contributed by atoms with Crippen molar-refractivity contribution < 1.29 is 4.74 Å². The molecule has 0 aromatic heterocycles. The molecule has 0 amide bonds. The Balaban J connectivity index is 1.88. The Morgan fingerprint density at radius 3 is 2.56 bits per heavy atom. The van der Waals surface area contributed by atoms with E-state index in [9.17, 15) is 0 Å². The lowest BCUT2D eigenvalue weighted by atomic mass is 9.47. The van der Waals surface area contributed by atoms with E-state index in [2.05, 4.69) is 20.8 Å². The molecule has 0 saturated heterocycles. The van der Waals surface area contributed by atoms with Crippen LogP contribution in [-0.4, -0.2) is 12.7 Å². The van der Waals surface area contributed by atoms with Crippen molar-refractivity contribution in [2.24, 2.45) is 29.1 Å². The molecule has 3 fully saturated rings. The topological polar surface area (TPSA) is 9.23 Å². The molecule has 92 valence electrons. The number of ether oxygens (including phenoxy) is 1. The maximum Gasteiger partial charge on any atom is 0.0681 e. The van der Waals surface area contributed by atoms with E-state index in [0.29, 0.717) is 5.41 Å². The van der Waals surface area contributed by atoms with Gasteiger partial charge in [-0.2, -0.15) is 0 Å². The molecule has 0 aliphatic heterocycles. The lowest BCUT2D eigenvalue weighted by Crippen LogP contribution is -2.58. The first-order valence-corrected chi connectivity index (χ1v) is 7.03. The minimum Gasteiger partial charge on any atom is -0.378 e. The van der Waals surface area contributed by atoms with Crippen molar-refractivity contribution in [1.82, 2.24) is 0 Å². The van der Waals surface area contributed by atoms with Crippen LogP contribution in [0, 0.1) is 29.1 Å². The summed E-state index contributed by atoms with van der Waals surface area (Å²) in [5.41, 5.74) is 0.640. The van der Waals surface area contributed by atoms with E-state index >= 15 is 0 Å². The van der Waals surface area contributed by atoms with Crippen LogP contribution in [0.25, 0.3) is 0 Å². The fraction of sp³-hybridized carbons (Fsp3) is 1.00. The Morgan fingerprint density at radius 2 is 1.88 bits per heavy atom. The van der Waals surface area contributed by atoms with Gasteiger partial charge in [0.15, 0.2) is 0 Å². The Morgan fingerprint density at radius 1 is 1.12 bits per heavy atom. The Bertz CT molecular complexity index is 292. The minimum absolute atomic E-state index is 0.101. The van der Waals surface area contributed by atoms with Gasteiger partial charge >= 0.3 is 0 Å². The van der Waals surface area contributed by atoms with Crippen molar-refractivity contribution in [3.05, 3.63) is 0 Å². The Labute approximate surface area is 99.9 Å². The largest absolute Gasteiger partial charge is 0.378 e. The van der Waals surface area contributed by atoms with E-state index in [0.717, 1.165) is 23.7 Å². The van der Waals surface area contributed by atoms with Gasteiger partial charge in [-0.15, -0.1) is 0 Å². The highest BCUT2D eigenvalue weighted by Gasteiger charge is 2.66. The summed E-state index contributed by atoms with van der Waals surface area (Å²) in [7, 11) is 1.90. The molecule has 1 nitrogen and oxygen atoms in total. The zero-order valence-electron chi connectivity index (χ0n) is 11.3. The summed E-state index contributed by atoms with van der Waals surface area (Å²) in [6, 6.07) is 0. The van der Waals surface area contributed by atoms with Crippen LogP contribution in [-0.2, 0) is 4.74 Å². The Kier molecular flexibility index (Phi) is 2.25. The van der Waals surface area contributed by atoms with Crippen molar-refractivity contribution in [3.63, 3.8) is 0 Å². The number of methoxy groups -OCH3 is 1. The van der Waals surface area contributed by atoms with Crippen molar-refractivity contribution in [3.8, 4) is 0 Å². The van der Waals surface area contributed by atoms with Crippen molar-refractivity contribution in [1.29, 1.82) is 0 Å². The van der Waals surface area contributed by atoms with Crippen LogP contribution >= 0.6 is 0 Å². The molecular formula is C15H26O. The van der Waals surface area contributed by atoms with E-state index in [1.54, 1.807) is 0 Å². The summed E-state index contributed by atoms with van der Waals surface area (Å²) in [4.78, 5) is 0. The van der Waals surface area contributed by atoms with Gasteiger partial charge in [0.25, 0.3) is 0 Å². The van der Waals surface area contributed by atoms with Crippen LogP contribution in [0.4, 0.5) is 0 Å². The molecule has 3 aliphatic rings. The Hall–Kier alpha value is -0.0400. The van der Waals surface area contributed by atoms with Crippen LogP contribution in [0.5, 0.6) is 0 Å². The highest BCUT2D eigenvalue weighted by atomic mass is 16.5. The van der Waals surface area contributed by atoms with Crippen LogP contribution < -0.4 is 0 Å². The number of fused-ring (bicyclic) bond motifs is 1. The van der Waals surface area contributed by atoms with Gasteiger partial charge in [-0.05, 0) is 69.6 Å². The average molecular weight is 222 g/mol. The normalized spacial score (nSPS) is 51.0. The highest BCUT2D eigenvalue weighted by Crippen LogP contribution is 2.71. The lowest BCUT2D eigenvalue weighted by Gasteiger charge is -2.60. The predicted octanol–water partition coefficient (Wildman–Crippen LogP) is 3.87. The summed E-state index contributed by atoms with van der Waals surface area (Å²) in [5.74, 6) is 3.99. The predicted molar refractivity (Wildman–Crippen MR) is 66.2 cm³/mol. The summed E-state index contributed by atoms with van der Waals surface area (Å²) < 4.78 is 5.84. The summed E-state index contributed by atoms with van der Waals surface area (Å²) >= 11 is 0. The molecule has 5 unspecified atom stereocenters. The second-order valence-electron chi connectivity index (χ2n) is 7.32. The van der Waals surface area contributed by atoms with E-state index in [1.807, 2.05) is 7.11 Å². The molecule has 16 heavy (non-hydrogen) atoms. The van der Waals surface area contributed by atoms with Gasteiger partial charge in [-0.3, -0.25) is 0 Å². The SMILES string of the molecule is COC(C)(C)C12CC3CC(C)CC(C1)C2C3. The van der Waals surface area contributed by atoms with Gasteiger partial charge in [-0.25, -0.2) is 0 Å². The smallest absolute Gasteiger partial charge is 0.0681 e. The van der Waals surface area contributed by atoms with Crippen LogP contribution in [0.15, 0.2) is 0 Å². The van der Waals surface area contributed by atoms with Gasteiger partial charge in [0.1, 0.15) is 0 Å². The van der Waals surface area contributed by atoms with E-state index in [-0.39, 0.29) is 5.60 Å². The third-order valence-electron chi connectivity index (χ3n) is 6.30. The maximum absolute atomic E-state index is 5.84. The van der Waals surface area contributed by atoms with Crippen molar-refractivity contribution in [2.75, 3.05) is 7.11 Å². The molecule has 0 spiro atoms. The molecule has 3 saturated carbocycles. The molecule has 3 rings (SSSR count). The second kappa shape index (κ2) is 3.25. The fourth-order valence-corrected chi connectivity index (χ4v) is 5.41. The molecule has 0 heterocycles. The molecule has 5 atom stereocenters. The maximum atomic E-state index is 5.84. The van der Waals surface area contributed by atoms with Crippen LogP contribution in [0.3, 0.4) is 0 Å². The van der Waals surface area contributed by atoms with Gasteiger partial charge in [0.2, 0.25) is 0 Å². The molecule has 0 aromatic rings. The van der Waals surface area contributed by atoms with Gasteiger partial charge in [0.05, 0.1) is 5.60 Å². The first kappa shape index (κ1) is 11.1. The third kappa shape index (κ3) is 1.21. The van der Waals surface area contributed by atoms with Gasteiger partial charge in [-0.1, -0.05) is 6.92 Å². The van der Waals surface area contributed by atoms with Gasteiger partial charge in [0, 0.05) is 12.5 Å². The van der Waals surface area contributed by atoms with Gasteiger partial charge < -0.3 is 4.74 Å². The third-order valence-corrected chi connectivity index (χ3v) is 6.30. The molecule has 0 aromatic carbocycles. The van der Waals surface area contributed by atoms with Crippen LogP contribution in [0.2, 0.25) is 0 Å². The number of hydrogen-bond donors (Lipinski definition) is 0. The molecule has 0 radical (unpaired) electrons. The highest BCUT2D eigenvalue weighted by molar-refractivity contribution is 5.15. The molecule has 3 aliphatic carbocycles. The quantitative estimate of drug-likeness (QED) is 0.689. The average Bonchev–Trinajstić information content (AvgIpc) is 2.40. The first-order chi connectivity index (χ1) is 7.48. The first-order valence-electron chi connectivity index (χ1n) is 7.03. The zero-order chi connectivity index (χ0) is 11.6. The number of rotatable bonds is 2. The summed E-state index contributed by atoms with van der Waals surface area (Å²) in [6.07, 6.45) is 7.36. The molecular weight excluding hydrogens is 196 g/mol. The van der Waals surface area contributed by atoms with Crippen molar-refractivity contribution >= 4 is 0 Å².